The molecule has 0 bridgehead atoms. The molecule has 0 atom stereocenters. The first-order chi connectivity index (χ1) is 5.77. The van der Waals surface area contributed by atoms with E-state index in [1.54, 1.807) is 12.3 Å². The molecule has 3 N–H and O–H groups in total. The van der Waals surface area contributed by atoms with Crippen molar-refractivity contribution in [2.24, 2.45) is 5.73 Å². The summed E-state index contributed by atoms with van der Waals surface area (Å²) in [5.74, 6) is -0.384. The van der Waals surface area contributed by atoms with Crippen LogP contribution in [0.25, 0.3) is 6.20 Å². The minimum absolute atomic E-state index is 0.384. The second-order valence-electron chi connectivity index (χ2n) is 2.69. The van der Waals surface area contributed by atoms with Crippen molar-refractivity contribution in [1.29, 1.82) is 0 Å². The number of rotatable bonds is 1. The first-order valence-corrected chi connectivity index (χ1v) is 3.68. The average molecular weight is 163 g/mol. The first kappa shape index (κ1) is 6.97. The van der Waals surface area contributed by atoms with Crippen LogP contribution in [0.2, 0.25) is 0 Å². The van der Waals surface area contributed by atoms with Crippen molar-refractivity contribution in [3.63, 3.8) is 0 Å². The van der Waals surface area contributed by atoms with Crippen LogP contribution in [-0.2, 0) is 6.54 Å². The van der Waals surface area contributed by atoms with Gasteiger partial charge in [-0.15, -0.1) is 0 Å². The minimum atomic E-state index is -0.384. The van der Waals surface area contributed by atoms with E-state index in [0.29, 0.717) is 5.56 Å². The summed E-state index contributed by atoms with van der Waals surface area (Å²) in [6, 6.07) is 1.79. The first-order valence-electron chi connectivity index (χ1n) is 3.68. The number of carbonyl (C=O) groups excluding carboxylic acids is 1. The molecule has 0 saturated heterocycles. The topological polar surface area (TPSA) is 60.1 Å². The molecule has 1 aromatic rings. The number of aromatic nitrogens is 1. The molecule has 1 aliphatic rings. The van der Waals surface area contributed by atoms with Crippen molar-refractivity contribution in [3.05, 3.63) is 29.7 Å². The summed E-state index contributed by atoms with van der Waals surface area (Å²) < 4.78 is 1.89. The van der Waals surface area contributed by atoms with E-state index in [9.17, 15) is 4.79 Å². The highest BCUT2D eigenvalue weighted by Crippen LogP contribution is 2.11. The lowest BCUT2D eigenvalue weighted by atomic mass is 10.3. The molecule has 0 saturated carbocycles. The Labute approximate surface area is 69.7 Å². The van der Waals surface area contributed by atoms with E-state index >= 15 is 0 Å². The molecule has 1 aliphatic heterocycles. The van der Waals surface area contributed by atoms with Crippen LogP contribution in [0.3, 0.4) is 0 Å². The van der Waals surface area contributed by atoms with Gasteiger partial charge in [-0.3, -0.25) is 4.79 Å². The third kappa shape index (κ3) is 0.972. The van der Waals surface area contributed by atoms with Crippen molar-refractivity contribution >= 4 is 12.1 Å². The molecule has 1 amide bonds. The number of hydrogen-bond acceptors (Lipinski definition) is 2. The zero-order valence-corrected chi connectivity index (χ0v) is 6.45. The highest BCUT2D eigenvalue weighted by molar-refractivity contribution is 5.93. The Hall–Kier alpha value is -1.71. The van der Waals surface area contributed by atoms with Gasteiger partial charge in [0.2, 0.25) is 5.91 Å². The van der Waals surface area contributed by atoms with E-state index in [4.69, 9.17) is 5.73 Å². The zero-order chi connectivity index (χ0) is 8.55. The zero-order valence-electron chi connectivity index (χ0n) is 6.45. The van der Waals surface area contributed by atoms with Gasteiger partial charge in [0.15, 0.2) is 0 Å². The lowest BCUT2D eigenvalue weighted by Gasteiger charge is -2.08. The van der Waals surface area contributed by atoms with Crippen molar-refractivity contribution in [2.45, 2.75) is 6.54 Å². The van der Waals surface area contributed by atoms with Gasteiger partial charge in [0.25, 0.3) is 0 Å². The SMILES string of the molecule is NC(=O)c1cc2n(c1)C=CNC2. The Morgan fingerprint density at radius 3 is 3.17 bits per heavy atom. The lowest BCUT2D eigenvalue weighted by Crippen LogP contribution is -2.12. The van der Waals surface area contributed by atoms with E-state index in [1.807, 2.05) is 17.0 Å². The minimum Gasteiger partial charge on any atom is -0.384 e. The molecular weight excluding hydrogens is 154 g/mol. The Morgan fingerprint density at radius 1 is 1.67 bits per heavy atom. The fourth-order valence-electron chi connectivity index (χ4n) is 1.24. The molecule has 62 valence electrons. The van der Waals surface area contributed by atoms with Crippen molar-refractivity contribution in [2.75, 3.05) is 0 Å². The number of hydrogen-bond donors (Lipinski definition) is 2. The molecule has 0 aliphatic carbocycles. The molecule has 0 radical (unpaired) electrons. The lowest BCUT2D eigenvalue weighted by molar-refractivity contribution is 0.100. The second kappa shape index (κ2) is 2.41. The van der Waals surface area contributed by atoms with E-state index in [1.165, 1.54) is 0 Å². The maximum absolute atomic E-state index is 10.8. The molecule has 4 nitrogen and oxygen atoms in total. The summed E-state index contributed by atoms with van der Waals surface area (Å²) in [7, 11) is 0. The summed E-state index contributed by atoms with van der Waals surface area (Å²) in [5, 5.41) is 3.04. The number of amides is 1. The fourth-order valence-corrected chi connectivity index (χ4v) is 1.24. The van der Waals surface area contributed by atoms with Crippen LogP contribution in [-0.4, -0.2) is 10.5 Å². The summed E-state index contributed by atoms with van der Waals surface area (Å²) in [4.78, 5) is 10.8. The Kier molecular flexibility index (Phi) is 1.40. The molecule has 2 heterocycles. The highest BCUT2D eigenvalue weighted by Gasteiger charge is 2.09. The largest absolute Gasteiger partial charge is 0.384 e. The number of nitrogens with zero attached hydrogens (tertiary/aromatic N) is 1. The molecule has 0 aromatic carbocycles. The molecule has 12 heavy (non-hydrogen) atoms. The van der Waals surface area contributed by atoms with Crippen molar-refractivity contribution in [3.8, 4) is 0 Å². The number of primary amides is 1. The van der Waals surface area contributed by atoms with Crippen LogP contribution in [0.4, 0.5) is 0 Å². The van der Waals surface area contributed by atoms with Gasteiger partial charge in [-0.25, -0.2) is 0 Å². The van der Waals surface area contributed by atoms with Gasteiger partial charge in [0.1, 0.15) is 0 Å². The predicted octanol–water partition coefficient (Wildman–Crippen LogP) is 0.118. The number of nitrogens with one attached hydrogen (secondary N) is 1. The maximum atomic E-state index is 10.8. The van der Waals surface area contributed by atoms with Crippen molar-refractivity contribution in [1.82, 2.24) is 9.88 Å². The van der Waals surface area contributed by atoms with E-state index in [2.05, 4.69) is 5.32 Å². The van der Waals surface area contributed by atoms with Gasteiger partial charge in [-0.1, -0.05) is 0 Å². The van der Waals surface area contributed by atoms with Crippen LogP contribution < -0.4 is 11.1 Å². The highest BCUT2D eigenvalue weighted by atomic mass is 16.1. The third-order valence-electron chi connectivity index (χ3n) is 1.85. The standard InChI is InChI=1S/C8H9N3O/c9-8(12)6-3-7-4-10-1-2-11(7)5-6/h1-3,5,10H,4H2,(H2,9,12). The number of carbonyl (C=O) groups is 1. The summed E-state index contributed by atoms with van der Waals surface area (Å²) >= 11 is 0. The van der Waals surface area contributed by atoms with Crippen LogP contribution in [0.15, 0.2) is 18.5 Å². The second-order valence-corrected chi connectivity index (χ2v) is 2.69. The van der Waals surface area contributed by atoms with E-state index < -0.39 is 0 Å². The van der Waals surface area contributed by atoms with E-state index in [-0.39, 0.29) is 5.91 Å². The Bertz CT molecular complexity index is 351. The molecular formula is C8H9N3O. The quantitative estimate of drug-likeness (QED) is 0.617. The molecule has 2 rings (SSSR count). The Balaban J connectivity index is 2.46. The number of nitrogens with two attached hydrogens (primary N) is 1. The number of fused-ring (bicyclic) bond motifs is 1. The van der Waals surface area contributed by atoms with Gasteiger partial charge < -0.3 is 15.6 Å². The third-order valence-corrected chi connectivity index (χ3v) is 1.85. The van der Waals surface area contributed by atoms with Crippen LogP contribution in [0.5, 0.6) is 0 Å². The maximum Gasteiger partial charge on any atom is 0.250 e. The normalized spacial score (nSPS) is 13.7. The van der Waals surface area contributed by atoms with Crippen molar-refractivity contribution < 1.29 is 4.79 Å². The fraction of sp³-hybridized carbons (Fsp3) is 0.125. The molecule has 0 unspecified atom stereocenters. The smallest absolute Gasteiger partial charge is 0.250 e. The Morgan fingerprint density at radius 2 is 2.50 bits per heavy atom. The molecule has 0 fully saturated rings. The van der Waals surface area contributed by atoms with Gasteiger partial charge in [0.05, 0.1) is 12.1 Å². The van der Waals surface area contributed by atoms with Crippen LogP contribution in [0, 0.1) is 0 Å². The van der Waals surface area contributed by atoms with E-state index in [0.717, 1.165) is 12.2 Å². The summed E-state index contributed by atoms with van der Waals surface area (Å²) in [6.07, 6.45) is 5.41. The molecule has 1 aromatic heterocycles. The summed E-state index contributed by atoms with van der Waals surface area (Å²) in [6.45, 7) is 0.740. The van der Waals surface area contributed by atoms with Gasteiger partial charge in [-0.05, 0) is 6.07 Å². The monoisotopic (exact) mass is 163 g/mol. The van der Waals surface area contributed by atoms with Crippen LogP contribution >= 0.6 is 0 Å². The van der Waals surface area contributed by atoms with Gasteiger partial charge >= 0.3 is 0 Å². The van der Waals surface area contributed by atoms with Crippen LogP contribution in [0.1, 0.15) is 16.1 Å². The van der Waals surface area contributed by atoms with Gasteiger partial charge in [-0.2, -0.15) is 0 Å². The summed E-state index contributed by atoms with van der Waals surface area (Å²) in [5.41, 5.74) is 6.73. The predicted molar refractivity (Wildman–Crippen MR) is 45.1 cm³/mol. The molecule has 0 spiro atoms. The van der Waals surface area contributed by atoms with Gasteiger partial charge in [0, 0.05) is 24.3 Å². The average Bonchev–Trinajstić information content (AvgIpc) is 2.46. The molecule has 4 heteroatoms.